The molecule has 3 N–H and O–H groups in total. The highest BCUT2D eigenvalue weighted by atomic mass is 32.1. The predicted molar refractivity (Wildman–Crippen MR) is 69.7 cm³/mol. The van der Waals surface area contributed by atoms with Gasteiger partial charge in [0.05, 0.1) is 0 Å². The van der Waals surface area contributed by atoms with Crippen molar-refractivity contribution in [2.75, 3.05) is 0 Å². The standard InChI is InChI=1S/C12H19N3S/c1-9(11(8-13)12(14)16)15-10-6-4-2-3-5-7-10/h10,15H,2-7H2,1H3,(H2,14,16)/b11-9-. The van der Waals surface area contributed by atoms with Gasteiger partial charge < -0.3 is 11.1 Å². The summed E-state index contributed by atoms with van der Waals surface area (Å²) < 4.78 is 0. The quantitative estimate of drug-likeness (QED) is 0.342. The zero-order chi connectivity index (χ0) is 12.0. The lowest BCUT2D eigenvalue weighted by molar-refractivity contribution is 0.501. The lowest BCUT2D eigenvalue weighted by Gasteiger charge is -2.18. The molecule has 0 aromatic heterocycles. The second kappa shape index (κ2) is 6.49. The molecule has 0 bridgehead atoms. The number of nitrogens with one attached hydrogen (secondary N) is 1. The minimum absolute atomic E-state index is 0.182. The summed E-state index contributed by atoms with van der Waals surface area (Å²) in [4.78, 5) is 0.182. The lowest BCUT2D eigenvalue weighted by atomic mass is 10.1. The Balaban J connectivity index is 2.64. The Morgan fingerprint density at radius 2 is 1.88 bits per heavy atom. The Hall–Kier alpha value is -1.08. The van der Waals surface area contributed by atoms with Gasteiger partial charge in [0, 0.05) is 11.7 Å². The number of hydrogen-bond donors (Lipinski definition) is 2. The molecule has 0 aromatic rings. The highest BCUT2D eigenvalue weighted by Gasteiger charge is 2.13. The maximum absolute atomic E-state index is 8.94. The number of thiocarbonyl (C=S) groups is 1. The van der Waals surface area contributed by atoms with Crippen LogP contribution in [0.25, 0.3) is 0 Å². The molecule has 1 fully saturated rings. The number of nitrogens with zero attached hydrogens (tertiary/aromatic N) is 1. The second-order valence-electron chi connectivity index (χ2n) is 4.31. The summed E-state index contributed by atoms with van der Waals surface area (Å²) in [6.07, 6.45) is 7.52. The van der Waals surface area contributed by atoms with E-state index in [2.05, 4.69) is 11.4 Å². The van der Waals surface area contributed by atoms with E-state index in [-0.39, 0.29) is 4.99 Å². The zero-order valence-electron chi connectivity index (χ0n) is 9.75. The van der Waals surface area contributed by atoms with Crippen molar-refractivity contribution in [2.45, 2.75) is 51.5 Å². The molecule has 0 saturated heterocycles. The van der Waals surface area contributed by atoms with Crippen LogP contribution in [0.2, 0.25) is 0 Å². The molecular formula is C12H19N3S. The fourth-order valence-electron chi connectivity index (χ4n) is 2.13. The number of hydrogen-bond acceptors (Lipinski definition) is 3. The molecule has 0 heterocycles. The summed E-state index contributed by atoms with van der Waals surface area (Å²) in [5.74, 6) is 0. The Kier molecular flexibility index (Phi) is 5.27. The highest BCUT2D eigenvalue weighted by Crippen LogP contribution is 2.18. The smallest absolute Gasteiger partial charge is 0.116 e. The molecule has 1 aliphatic carbocycles. The van der Waals surface area contributed by atoms with Crippen molar-refractivity contribution < 1.29 is 0 Å². The van der Waals surface area contributed by atoms with Gasteiger partial charge in [-0.05, 0) is 19.8 Å². The van der Waals surface area contributed by atoms with Crippen LogP contribution >= 0.6 is 12.2 Å². The Bertz CT molecular complexity index is 320. The average molecular weight is 237 g/mol. The van der Waals surface area contributed by atoms with Gasteiger partial charge >= 0.3 is 0 Å². The SMILES string of the molecule is C/C(NC1CCCCCC1)=C(\C#N)C(N)=S. The van der Waals surface area contributed by atoms with Crippen molar-refractivity contribution in [3.63, 3.8) is 0 Å². The molecule has 1 saturated carbocycles. The number of allylic oxidation sites excluding steroid dienone is 1. The first-order chi connectivity index (χ1) is 7.65. The van der Waals surface area contributed by atoms with Crippen LogP contribution in [-0.2, 0) is 0 Å². The number of nitrogens with two attached hydrogens (primary N) is 1. The Morgan fingerprint density at radius 1 is 1.31 bits per heavy atom. The van der Waals surface area contributed by atoms with E-state index in [1.807, 2.05) is 6.92 Å². The van der Waals surface area contributed by atoms with Crippen molar-refractivity contribution >= 4 is 17.2 Å². The normalized spacial score (nSPS) is 19.2. The summed E-state index contributed by atoms with van der Waals surface area (Å²) in [5, 5.41) is 12.3. The van der Waals surface area contributed by atoms with Gasteiger partial charge in [0.25, 0.3) is 0 Å². The highest BCUT2D eigenvalue weighted by molar-refractivity contribution is 7.80. The molecule has 3 nitrogen and oxygen atoms in total. The van der Waals surface area contributed by atoms with Crippen LogP contribution in [-0.4, -0.2) is 11.0 Å². The van der Waals surface area contributed by atoms with Crippen molar-refractivity contribution in [2.24, 2.45) is 5.73 Å². The third-order valence-electron chi connectivity index (χ3n) is 3.01. The maximum atomic E-state index is 8.94. The fraction of sp³-hybridized carbons (Fsp3) is 0.667. The van der Waals surface area contributed by atoms with Gasteiger partial charge in [-0.2, -0.15) is 5.26 Å². The van der Waals surface area contributed by atoms with Crippen LogP contribution in [0, 0.1) is 11.3 Å². The molecule has 0 aromatic carbocycles. The van der Waals surface area contributed by atoms with Crippen LogP contribution in [0.5, 0.6) is 0 Å². The van der Waals surface area contributed by atoms with E-state index in [0.29, 0.717) is 11.6 Å². The molecule has 0 aliphatic heterocycles. The molecule has 1 aliphatic rings. The molecular weight excluding hydrogens is 218 g/mol. The van der Waals surface area contributed by atoms with Crippen molar-refractivity contribution in [3.05, 3.63) is 11.3 Å². The van der Waals surface area contributed by atoms with Gasteiger partial charge in [-0.1, -0.05) is 37.9 Å². The lowest BCUT2D eigenvalue weighted by Crippen LogP contribution is -2.29. The summed E-state index contributed by atoms with van der Waals surface area (Å²) in [6, 6.07) is 2.53. The van der Waals surface area contributed by atoms with Gasteiger partial charge in [-0.3, -0.25) is 0 Å². The van der Waals surface area contributed by atoms with Crippen molar-refractivity contribution in [3.8, 4) is 6.07 Å². The van der Waals surface area contributed by atoms with Crippen LogP contribution < -0.4 is 11.1 Å². The van der Waals surface area contributed by atoms with E-state index in [1.165, 1.54) is 38.5 Å². The van der Waals surface area contributed by atoms with E-state index in [1.54, 1.807) is 0 Å². The minimum Gasteiger partial charge on any atom is -0.389 e. The van der Waals surface area contributed by atoms with Crippen LogP contribution in [0.4, 0.5) is 0 Å². The molecule has 0 spiro atoms. The molecule has 0 unspecified atom stereocenters. The topological polar surface area (TPSA) is 61.8 Å². The maximum Gasteiger partial charge on any atom is 0.116 e. The van der Waals surface area contributed by atoms with Gasteiger partial charge in [0.1, 0.15) is 16.6 Å². The molecule has 1 rings (SSSR count). The fourth-order valence-corrected chi connectivity index (χ4v) is 2.32. The van der Waals surface area contributed by atoms with Gasteiger partial charge in [0.2, 0.25) is 0 Å². The van der Waals surface area contributed by atoms with E-state index < -0.39 is 0 Å². The van der Waals surface area contributed by atoms with Crippen molar-refractivity contribution in [1.82, 2.24) is 5.32 Å². The monoisotopic (exact) mass is 237 g/mol. The molecule has 0 amide bonds. The first-order valence-corrected chi connectivity index (χ1v) is 6.23. The largest absolute Gasteiger partial charge is 0.389 e. The van der Waals surface area contributed by atoms with Crippen LogP contribution in [0.15, 0.2) is 11.3 Å². The van der Waals surface area contributed by atoms with Gasteiger partial charge in [0.15, 0.2) is 0 Å². The molecule has 0 atom stereocenters. The minimum atomic E-state index is 0.182. The summed E-state index contributed by atoms with van der Waals surface area (Å²) in [6.45, 7) is 1.88. The van der Waals surface area contributed by atoms with Crippen molar-refractivity contribution in [1.29, 1.82) is 5.26 Å². The summed E-state index contributed by atoms with van der Waals surface area (Å²) in [5.41, 5.74) is 6.73. The summed E-state index contributed by atoms with van der Waals surface area (Å²) in [7, 11) is 0. The van der Waals surface area contributed by atoms with E-state index >= 15 is 0 Å². The zero-order valence-corrected chi connectivity index (χ0v) is 10.6. The third-order valence-corrected chi connectivity index (χ3v) is 3.21. The van der Waals surface area contributed by atoms with Gasteiger partial charge in [-0.25, -0.2) is 0 Å². The summed E-state index contributed by atoms with van der Waals surface area (Å²) >= 11 is 4.84. The van der Waals surface area contributed by atoms with Gasteiger partial charge in [-0.15, -0.1) is 0 Å². The molecule has 88 valence electrons. The van der Waals surface area contributed by atoms with E-state index in [4.69, 9.17) is 23.2 Å². The predicted octanol–water partition coefficient (Wildman–Crippen LogP) is 2.38. The van der Waals surface area contributed by atoms with Crippen LogP contribution in [0.1, 0.15) is 45.4 Å². The first-order valence-electron chi connectivity index (χ1n) is 5.82. The molecule has 0 radical (unpaired) electrons. The van der Waals surface area contributed by atoms with Crippen LogP contribution in [0.3, 0.4) is 0 Å². The second-order valence-corrected chi connectivity index (χ2v) is 4.75. The first kappa shape index (κ1) is 13.0. The average Bonchev–Trinajstić information content (AvgIpc) is 2.46. The third kappa shape index (κ3) is 3.82. The number of rotatable bonds is 3. The Labute approximate surface area is 103 Å². The van der Waals surface area contributed by atoms with E-state index in [9.17, 15) is 0 Å². The number of nitriles is 1. The van der Waals surface area contributed by atoms with E-state index in [0.717, 1.165) is 5.70 Å². The molecule has 4 heteroatoms. The Morgan fingerprint density at radius 3 is 2.31 bits per heavy atom. The molecule has 16 heavy (non-hydrogen) atoms.